The van der Waals surface area contributed by atoms with E-state index in [1.807, 2.05) is 26.2 Å². The second-order valence-corrected chi connectivity index (χ2v) is 8.69. The van der Waals surface area contributed by atoms with Crippen molar-refractivity contribution in [2.24, 2.45) is 12.8 Å². The zero-order valence-corrected chi connectivity index (χ0v) is 19.2. The summed E-state index contributed by atoms with van der Waals surface area (Å²) in [7, 11) is 3.71. The maximum Gasteiger partial charge on any atom is 0.227 e. The van der Waals surface area contributed by atoms with E-state index in [0.717, 1.165) is 61.3 Å². The van der Waals surface area contributed by atoms with E-state index < -0.39 is 5.82 Å². The number of halogens is 1. The Morgan fingerprint density at radius 2 is 2.00 bits per heavy atom. The minimum absolute atomic E-state index is 0.000443. The van der Waals surface area contributed by atoms with Crippen LogP contribution < -0.4 is 16.0 Å². The standard InChI is InChI=1S/C24H26FN9/c1-28-23-21(14-5-6-20-19(12-14)31-32-33(20)2)22(15-3-4-16(13-26)18(25)11-15)29-24(30-23)34-9-7-17(27)8-10-34/h3-4,11-12,17H,5-10,27H2,1-2H3,(H,28,29,30). The van der Waals surface area contributed by atoms with E-state index in [0.29, 0.717) is 23.0 Å². The fourth-order valence-electron chi connectivity index (χ4n) is 4.62. The molecule has 174 valence electrons. The van der Waals surface area contributed by atoms with Gasteiger partial charge in [-0.3, -0.25) is 4.68 Å². The van der Waals surface area contributed by atoms with Gasteiger partial charge in [-0.1, -0.05) is 11.3 Å². The number of nitrogens with one attached hydrogen (secondary N) is 1. The third-order valence-corrected chi connectivity index (χ3v) is 6.56. The minimum Gasteiger partial charge on any atom is -0.372 e. The summed E-state index contributed by atoms with van der Waals surface area (Å²) >= 11 is 0. The van der Waals surface area contributed by atoms with E-state index >= 15 is 0 Å². The molecule has 3 aromatic rings. The SMILES string of the molecule is CNc1nc(N2CCC(N)CC2)nc(-c2ccc(C#N)c(F)c2)c1C1=Cc2nnn(C)c2CC1. The lowest BCUT2D eigenvalue weighted by molar-refractivity contribution is 0.496. The molecule has 10 heteroatoms. The van der Waals surface area contributed by atoms with E-state index in [1.165, 1.54) is 12.1 Å². The van der Waals surface area contributed by atoms with E-state index in [9.17, 15) is 9.65 Å². The van der Waals surface area contributed by atoms with Crippen LogP contribution in [0.5, 0.6) is 0 Å². The highest BCUT2D eigenvalue weighted by Crippen LogP contribution is 2.39. The molecular formula is C24H26FN9. The highest BCUT2D eigenvalue weighted by molar-refractivity contribution is 5.93. The first kappa shape index (κ1) is 22.0. The van der Waals surface area contributed by atoms with Gasteiger partial charge in [-0.15, -0.1) is 5.10 Å². The van der Waals surface area contributed by atoms with Crippen LogP contribution in [-0.4, -0.2) is 51.1 Å². The Hall–Kier alpha value is -3.84. The van der Waals surface area contributed by atoms with Gasteiger partial charge in [-0.2, -0.15) is 10.2 Å². The summed E-state index contributed by atoms with van der Waals surface area (Å²) in [5, 5.41) is 20.8. The lowest BCUT2D eigenvalue weighted by Gasteiger charge is -2.31. The van der Waals surface area contributed by atoms with E-state index in [1.54, 1.807) is 10.7 Å². The summed E-state index contributed by atoms with van der Waals surface area (Å²) < 4.78 is 16.4. The Morgan fingerprint density at radius 1 is 1.21 bits per heavy atom. The van der Waals surface area contributed by atoms with Crippen LogP contribution in [0.15, 0.2) is 18.2 Å². The average Bonchev–Trinajstić information content (AvgIpc) is 3.23. The van der Waals surface area contributed by atoms with Crippen molar-refractivity contribution in [1.82, 2.24) is 25.0 Å². The molecule has 2 aromatic heterocycles. The molecule has 1 aliphatic heterocycles. The van der Waals surface area contributed by atoms with E-state index in [-0.39, 0.29) is 11.6 Å². The predicted molar refractivity (Wildman–Crippen MR) is 128 cm³/mol. The van der Waals surface area contributed by atoms with Crippen molar-refractivity contribution in [2.45, 2.75) is 31.7 Å². The second kappa shape index (κ2) is 8.83. The van der Waals surface area contributed by atoms with Crippen LogP contribution in [0.1, 0.15) is 41.8 Å². The fraction of sp³-hybridized carbons (Fsp3) is 0.375. The molecule has 1 aromatic carbocycles. The number of nitrogens with zero attached hydrogens (tertiary/aromatic N) is 7. The Bertz CT molecular complexity index is 1310. The van der Waals surface area contributed by atoms with Gasteiger partial charge in [-0.25, -0.2) is 9.37 Å². The van der Waals surface area contributed by atoms with Gasteiger partial charge in [0.25, 0.3) is 0 Å². The Balaban J connectivity index is 1.69. The van der Waals surface area contributed by atoms with Gasteiger partial charge < -0.3 is 16.0 Å². The number of aryl methyl sites for hydroxylation is 1. The lowest BCUT2D eigenvalue weighted by Crippen LogP contribution is -2.40. The van der Waals surface area contributed by atoms with Crippen LogP contribution in [0, 0.1) is 17.1 Å². The predicted octanol–water partition coefficient (Wildman–Crippen LogP) is 2.74. The first-order chi connectivity index (χ1) is 16.5. The van der Waals surface area contributed by atoms with Crippen LogP contribution in [0.25, 0.3) is 22.9 Å². The third kappa shape index (κ3) is 3.88. The summed E-state index contributed by atoms with van der Waals surface area (Å²) in [4.78, 5) is 11.9. The number of piperidine rings is 1. The fourth-order valence-corrected chi connectivity index (χ4v) is 4.62. The van der Waals surface area contributed by atoms with Gasteiger partial charge in [-0.05, 0) is 49.5 Å². The quantitative estimate of drug-likeness (QED) is 0.611. The van der Waals surface area contributed by atoms with Crippen molar-refractivity contribution >= 4 is 23.4 Å². The van der Waals surface area contributed by atoms with Crippen molar-refractivity contribution in [3.05, 3.63) is 46.5 Å². The van der Waals surface area contributed by atoms with Gasteiger partial charge in [0.15, 0.2) is 0 Å². The van der Waals surface area contributed by atoms with Crippen molar-refractivity contribution in [3.8, 4) is 17.3 Å². The molecule has 9 nitrogen and oxygen atoms in total. The van der Waals surface area contributed by atoms with Gasteiger partial charge in [0.05, 0.1) is 17.0 Å². The van der Waals surface area contributed by atoms with Crippen LogP contribution in [0.2, 0.25) is 0 Å². The normalized spacial score (nSPS) is 16.1. The smallest absolute Gasteiger partial charge is 0.227 e. The summed E-state index contributed by atoms with van der Waals surface area (Å²) in [5.74, 6) is 0.671. The Labute approximate surface area is 197 Å². The lowest BCUT2D eigenvalue weighted by atomic mass is 9.91. The maximum atomic E-state index is 14.6. The molecule has 0 saturated carbocycles. The number of fused-ring (bicyclic) bond motifs is 1. The van der Waals surface area contributed by atoms with Gasteiger partial charge in [0, 0.05) is 44.4 Å². The number of rotatable bonds is 4. The van der Waals surface area contributed by atoms with Crippen molar-refractivity contribution in [3.63, 3.8) is 0 Å². The Morgan fingerprint density at radius 3 is 2.71 bits per heavy atom. The number of anilines is 2. The number of hydrogen-bond acceptors (Lipinski definition) is 8. The van der Waals surface area contributed by atoms with Gasteiger partial charge >= 0.3 is 0 Å². The van der Waals surface area contributed by atoms with E-state index in [2.05, 4.69) is 20.5 Å². The molecule has 0 spiro atoms. The molecule has 5 rings (SSSR count). The molecule has 0 bridgehead atoms. The number of hydrogen-bond donors (Lipinski definition) is 2. The number of allylic oxidation sites excluding steroid dienone is 1. The molecule has 0 radical (unpaired) electrons. The minimum atomic E-state index is -0.574. The molecule has 1 saturated heterocycles. The summed E-state index contributed by atoms with van der Waals surface area (Å²) in [5.41, 5.74) is 11.0. The summed E-state index contributed by atoms with van der Waals surface area (Å²) in [6, 6.07) is 6.67. The highest BCUT2D eigenvalue weighted by atomic mass is 19.1. The first-order valence-electron chi connectivity index (χ1n) is 11.4. The Kier molecular flexibility index (Phi) is 5.71. The largest absolute Gasteiger partial charge is 0.372 e. The summed E-state index contributed by atoms with van der Waals surface area (Å²) in [6.45, 7) is 1.52. The van der Waals surface area contributed by atoms with Crippen LogP contribution in [0.3, 0.4) is 0 Å². The average molecular weight is 460 g/mol. The molecule has 3 N–H and O–H groups in total. The highest BCUT2D eigenvalue weighted by Gasteiger charge is 2.26. The van der Waals surface area contributed by atoms with Gasteiger partial charge in [0.1, 0.15) is 23.4 Å². The molecule has 3 heterocycles. The van der Waals surface area contributed by atoms with Crippen LogP contribution in [0.4, 0.5) is 16.2 Å². The van der Waals surface area contributed by atoms with E-state index in [4.69, 9.17) is 15.7 Å². The molecule has 0 amide bonds. The molecule has 34 heavy (non-hydrogen) atoms. The van der Waals surface area contributed by atoms with Crippen molar-refractivity contribution in [1.29, 1.82) is 5.26 Å². The topological polar surface area (TPSA) is 122 Å². The first-order valence-corrected chi connectivity index (χ1v) is 11.4. The monoisotopic (exact) mass is 459 g/mol. The second-order valence-electron chi connectivity index (χ2n) is 8.69. The number of nitrogens with two attached hydrogens (primary N) is 1. The molecule has 2 aliphatic rings. The molecular weight excluding hydrogens is 433 g/mol. The zero-order chi connectivity index (χ0) is 23.8. The number of aromatic nitrogens is 5. The van der Waals surface area contributed by atoms with Gasteiger partial charge in [0.2, 0.25) is 5.95 Å². The zero-order valence-electron chi connectivity index (χ0n) is 19.2. The maximum absolute atomic E-state index is 14.6. The molecule has 0 atom stereocenters. The third-order valence-electron chi connectivity index (χ3n) is 6.56. The molecule has 1 fully saturated rings. The molecule has 0 unspecified atom stereocenters. The molecule has 1 aliphatic carbocycles. The van der Waals surface area contributed by atoms with Crippen LogP contribution in [-0.2, 0) is 13.5 Å². The van der Waals surface area contributed by atoms with Crippen LogP contribution >= 0.6 is 0 Å². The summed E-state index contributed by atoms with van der Waals surface area (Å²) in [6.07, 6.45) is 5.26. The number of benzene rings is 1. The van der Waals surface area contributed by atoms with Crippen molar-refractivity contribution in [2.75, 3.05) is 30.4 Å². The number of nitriles is 1. The van der Waals surface area contributed by atoms with Crippen molar-refractivity contribution < 1.29 is 4.39 Å².